The van der Waals surface area contributed by atoms with Crippen LogP contribution in [0.15, 0.2) is 36.6 Å². The van der Waals surface area contributed by atoms with E-state index in [2.05, 4.69) is 25.2 Å². The summed E-state index contributed by atoms with van der Waals surface area (Å²) in [5, 5.41) is 8.46. The lowest BCUT2D eigenvalue weighted by molar-refractivity contribution is 0.473. The SMILES string of the molecule is CCCCCCC=CCCCCCCCCC=CC=CO. The summed E-state index contributed by atoms with van der Waals surface area (Å²) in [7, 11) is 0. The Morgan fingerprint density at radius 2 is 1.05 bits per heavy atom. The smallest absolute Gasteiger partial charge is 0.0791 e. The van der Waals surface area contributed by atoms with E-state index < -0.39 is 0 Å². The second kappa shape index (κ2) is 19.0. The zero-order chi connectivity index (χ0) is 15.4. The molecule has 122 valence electrons. The molecule has 0 aromatic heterocycles. The molecule has 0 spiro atoms. The van der Waals surface area contributed by atoms with Gasteiger partial charge < -0.3 is 5.11 Å². The zero-order valence-corrected chi connectivity index (χ0v) is 14.1. The highest BCUT2D eigenvalue weighted by Crippen LogP contribution is 2.10. The first-order chi connectivity index (χ1) is 10.4. The predicted molar refractivity (Wildman–Crippen MR) is 95.7 cm³/mol. The fourth-order valence-electron chi connectivity index (χ4n) is 2.38. The number of unbranched alkanes of at least 4 members (excludes halogenated alkanes) is 11. The molecule has 0 aliphatic carbocycles. The van der Waals surface area contributed by atoms with Gasteiger partial charge in [0.2, 0.25) is 0 Å². The van der Waals surface area contributed by atoms with Crippen LogP contribution in [-0.2, 0) is 0 Å². The molecule has 0 fully saturated rings. The Bertz CT molecular complexity index is 263. The number of hydrogen-bond donors (Lipinski definition) is 1. The minimum absolute atomic E-state index is 1.08. The van der Waals surface area contributed by atoms with Gasteiger partial charge in [0.25, 0.3) is 0 Å². The van der Waals surface area contributed by atoms with Crippen LogP contribution in [0, 0.1) is 0 Å². The summed E-state index contributed by atoms with van der Waals surface area (Å²) < 4.78 is 0. The van der Waals surface area contributed by atoms with E-state index in [1.165, 1.54) is 77.0 Å². The van der Waals surface area contributed by atoms with E-state index in [9.17, 15) is 0 Å². The molecule has 1 N–H and O–H groups in total. The molecule has 0 aromatic carbocycles. The second-order valence-corrected chi connectivity index (χ2v) is 5.79. The second-order valence-electron chi connectivity index (χ2n) is 5.79. The topological polar surface area (TPSA) is 20.2 Å². The van der Waals surface area contributed by atoms with Crippen LogP contribution in [0.1, 0.15) is 90.4 Å². The highest BCUT2D eigenvalue weighted by molar-refractivity contribution is 4.98. The van der Waals surface area contributed by atoms with E-state index in [0.29, 0.717) is 0 Å². The largest absolute Gasteiger partial charge is 0.516 e. The van der Waals surface area contributed by atoms with Crippen LogP contribution in [0.4, 0.5) is 0 Å². The highest BCUT2D eigenvalue weighted by Gasteiger charge is 1.90. The van der Waals surface area contributed by atoms with Crippen LogP contribution < -0.4 is 0 Å². The third kappa shape index (κ3) is 19.0. The van der Waals surface area contributed by atoms with Crippen LogP contribution in [0.25, 0.3) is 0 Å². The molecular formula is C20H36O. The summed E-state index contributed by atoms with van der Waals surface area (Å²) in [5.41, 5.74) is 0. The fraction of sp³-hybridized carbons (Fsp3) is 0.700. The monoisotopic (exact) mass is 292 g/mol. The van der Waals surface area contributed by atoms with Crippen molar-refractivity contribution in [1.29, 1.82) is 0 Å². The van der Waals surface area contributed by atoms with Gasteiger partial charge in [-0.3, -0.25) is 0 Å². The fourth-order valence-corrected chi connectivity index (χ4v) is 2.38. The number of aliphatic hydroxyl groups is 1. The van der Waals surface area contributed by atoms with Crippen LogP contribution in [-0.4, -0.2) is 5.11 Å². The summed E-state index contributed by atoms with van der Waals surface area (Å²) in [5.74, 6) is 0. The van der Waals surface area contributed by atoms with Crippen LogP contribution >= 0.6 is 0 Å². The van der Waals surface area contributed by atoms with Crippen molar-refractivity contribution in [2.45, 2.75) is 90.4 Å². The lowest BCUT2D eigenvalue weighted by Gasteiger charge is -1.99. The van der Waals surface area contributed by atoms with E-state index >= 15 is 0 Å². The summed E-state index contributed by atoms with van der Waals surface area (Å²) in [6.45, 7) is 2.27. The average molecular weight is 293 g/mol. The maximum Gasteiger partial charge on any atom is 0.0791 e. The van der Waals surface area contributed by atoms with Gasteiger partial charge in [-0.1, -0.05) is 76.2 Å². The standard InChI is InChI=1S/C20H36O/c1-2-3-4-5-6-7-8-9-10-11-12-13-14-15-16-17-18-19-20-21/h7-8,17-21H,2-6,9-16H2,1H3. The van der Waals surface area contributed by atoms with Gasteiger partial charge in [0.1, 0.15) is 0 Å². The Hall–Kier alpha value is -0.980. The molecule has 0 rings (SSSR count). The number of hydrogen-bond acceptors (Lipinski definition) is 1. The molecule has 0 aliphatic heterocycles. The molecule has 1 heteroatoms. The van der Waals surface area contributed by atoms with E-state index in [1.807, 2.05) is 6.08 Å². The third-order valence-corrected chi connectivity index (χ3v) is 3.72. The van der Waals surface area contributed by atoms with Crippen molar-refractivity contribution in [2.24, 2.45) is 0 Å². The number of rotatable bonds is 15. The van der Waals surface area contributed by atoms with Gasteiger partial charge in [-0.15, -0.1) is 0 Å². The first-order valence-electron chi connectivity index (χ1n) is 9.02. The predicted octanol–water partition coefficient (Wildman–Crippen LogP) is 7.26. The van der Waals surface area contributed by atoms with Gasteiger partial charge in [0, 0.05) is 0 Å². The van der Waals surface area contributed by atoms with Crippen molar-refractivity contribution < 1.29 is 5.11 Å². The molecule has 0 aromatic rings. The van der Waals surface area contributed by atoms with Gasteiger partial charge in [0.15, 0.2) is 0 Å². The summed E-state index contributed by atoms with van der Waals surface area (Å²) in [4.78, 5) is 0. The summed E-state index contributed by atoms with van der Waals surface area (Å²) in [6.07, 6.45) is 28.8. The summed E-state index contributed by atoms with van der Waals surface area (Å²) in [6, 6.07) is 0. The Labute approximate surface area is 132 Å². The minimum Gasteiger partial charge on any atom is -0.516 e. The van der Waals surface area contributed by atoms with Gasteiger partial charge in [-0.2, -0.15) is 0 Å². The molecule has 0 radical (unpaired) electrons. The first-order valence-corrected chi connectivity index (χ1v) is 9.02. The molecule has 0 atom stereocenters. The van der Waals surface area contributed by atoms with Crippen LogP contribution in [0.3, 0.4) is 0 Å². The number of aliphatic hydroxyl groups excluding tert-OH is 1. The Kier molecular flexibility index (Phi) is 18.1. The van der Waals surface area contributed by atoms with Crippen molar-refractivity contribution in [3.63, 3.8) is 0 Å². The molecule has 0 saturated heterocycles. The van der Waals surface area contributed by atoms with E-state index in [-0.39, 0.29) is 0 Å². The quantitative estimate of drug-likeness (QED) is 0.146. The van der Waals surface area contributed by atoms with Crippen molar-refractivity contribution in [3.8, 4) is 0 Å². The number of allylic oxidation sites excluding steroid dienone is 5. The van der Waals surface area contributed by atoms with E-state index in [0.717, 1.165) is 12.7 Å². The normalized spacial score (nSPS) is 12.2. The lowest BCUT2D eigenvalue weighted by atomic mass is 10.1. The van der Waals surface area contributed by atoms with Crippen LogP contribution in [0.2, 0.25) is 0 Å². The molecule has 0 aliphatic rings. The maximum absolute atomic E-state index is 8.46. The Morgan fingerprint density at radius 1 is 0.571 bits per heavy atom. The summed E-state index contributed by atoms with van der Waals surface area (Å²) >= 11 is 0. The molecule has 0 unspecified atom stereocenters. The van der Waals surface area contributed by atoms with E-state index in [1.54, 1.807) is 6.08 Å². The highest BCUT2D eigenvalue weighted by atomic mass is 16.2. The van der Waals surface area contributed by atoms with Gasteiger partial charge in [-0.25, -0.2) is 0 Å². The third-order valence-electron chi connectivity index (χ3n) is 3.72. The molecule has 21 heavy (non-hydrogen) atoms. The molecule has 1 nitrogen and oxygen atoms in total. The molecule has 0 heterocycles. The zero-order valence-electron chi connectivity index (χ0n) is 14.1. The van der Waals surface area contributed by atoms with Crippen molar-refractivity contribution >= 4 is 0 Å². The average Bonchev–Trinajstić information content (AvgIpc) is 2.50. The van der Waals surface area contributed by atoms with Gasteiger partial charge in [-0.05, 0) is 44.6 Å². The van der Waals surface area contributed by atoms with E-state index in [4.69, 9.17) is 5.11 Å². The maximum atomic E-state index is 8.46. The lowest BCUT2D eigenvalue weighted by Crippen LogP contribution is -1.79. The van der Waals surface area contributed by atoms with Crippen molar-refractivity contribution in [1.82, 2.24) is 0 Å². The Balaban J connectivity index is 3.10. The van der Waals surface area contributed by atoms with Crippen LogP contribution in [0.5, 0.6) is 0 Å². The van der Waals surface area contributed by atoms with Gasteiger partial charge in [0.05, 0.1) is 6.26 Å². The van der Waals surface area contributed by atoms with Gasteiger partial charge >= 0.3 is 0 Å². The molecular weight excluding hydrogens is 256 g/mol. The van der Waals surface area contributed by atoms with Crippen molar-refractivity contribution in [2.75, 3.05) is 0 Å². The van der Waals surface area contributed by atoms with Crippen molar-refractivity contribution in [3.05, 3.63) is 36.6 Å². The first kappa shape index (κ1) is 20.0. The molecule has 0 saturated carbocycles. The molecule has 0 bridgehead atoms. The Morgan fingerprint density at radius 3 is 1.57 bits per heavy atom. The minimum atomic E-state index is 1.08. The molecule has 0 amide bonds.